The van der Waals surface area contributed by atoms with Gasteiger partial charge in [0.1, 0.15) is 0 Å². The molecule has 0 aromatic heterocycles. The van der Waals surface area contributed by atoms with Gasteiger partial charge < -0.3 is 15.3 Å². The molecule has 0 saturated heterocycles. The number of aliphatic hydroxyl groups excluding tert-OH is 2. The van der Waals surface area contributed by atoms with Crippen LogP contribution in [0.15, 0.2) is 24.3 Å². The highest BCUT2D eigenvalue weighted by atomic mass is 16.3. The third-order valence-electron chi connectivity index (χ3n) is 5.43. The van der Waals surface area contributed by atoms with E-state index in [1.807, 2.05) is 0 Å². The summed E-state index contributed by atoms with van der Waals surface area (Å²) in [7, 11) is 0. The van der Waals surface area contributed by atoms with E-state index in [0.29, 0.717) is 6.42 Å². The maximum atomic E-state index is 10.4. The quantitative estimate of drug-likeness (QED) is 0.267. The van der Waals surface area contributed by atoms with Gasteiger partial charge in [-0.25, -0.2) is 0 Å². The SMILES string of the molecule is CCCC/C=C/CCCCCCCCCCC[C@]1(O)C=C[C@@H](O)[C@H](O)C1. The lowest BCUT2D eigenvalue weighted by molar-refractivity contribution is -0.0354. The van der Waals surface area contributed by atoms with Gasteiger partial charge in [-0.15, -0.1) is 0 Å². The Hall–Kier alpha value is -0.640. The van der Waals surface area contributed by atoms with Crippen molar-refractivity contribution in [3.8, 4) is 0 Å². The van der Waals surface area contributed by atoms with Crippen molar-refractivity contribution in [1.82, 2.24) is 0 Å². The summed E-state index contributed by atoms with van der Waals surface area (Å²) < 4.78 is 0. The molecule has 0 saturated carbocycles. The largest absolute Gasteiger partial charge is 0.390 e. The summed E-state index contributed by atoms with van der Waals surface area (Å²) in [4.78, 5) is 0. The Balaban J connectivity index is 1.87. The predicted octanol–water partition coefficient (Wildman–Crippen LogP) is 5.44. The van der Waals surface area contributed by atoms with Crippen molar-refractivity contribution in [3.05, 3.63) is 24.3 Å². The van der Waals surface area contributed by atoms with Crippen LogP contribution in [0.5, 0.6) is 0 Å². The minimum atomic E-state index is -0.927. The average molecular weight is 367 g/mol. The van der Waals surface area contributed by atoms with Crippen molar-refractivity contribution < 1.29 is 15.3 Å². The van der Waals surface area contributed by atoms with Gasteiger partial charge in [0.25, 0.3) is 0 Å². The van der Waals surface area contributed by atoms with Gasteiger partial charge in [0.2, 0.25) is 0 Å². The summed E-state index contributed by atoms with van der Waals surface area (Å²) >= 11 is 0. The van der Waals surface area contributed by atoms with E-state index in [2.05, 4.69) is 19.1 Å². The molecule has 0 aliphatic heterocycles. The molecular formula is C23H42O3. The van der Waals surface area contributed by atoms with Gasteiger partial charge in [0.05, 0.1) is 17.8 Å². The average Bonchev–Trinajstić information content (AvgIpc) is 2.62. The van der Waals surface area contributed by atoms with E-state index in [0.717, 1.165) is 12.8 Å². The summed E-state index contributed by atoms with van der Waals surface area (Å²) in [6.45, 7) is 2.24. The van der Waals surface area contributed by atoms with Crippen LogP contribution in [0.4, 0.5) is 0 Å². The number of hydrogen-bond donors (Lipinski definition) is 3. The molecular weight excluding hydrogens is 324 g/mol. The molecule has 152 valence electrons. The third kappa shape index (κ3) is 11.2. The van der Waals surface area contributed by atoms with Gasteiger partial charge in [-0.05, 0) is 25.7 Å². The number of rotatable bonds is 15. The third-order valence-corrected chi connectivity index (χ3v) is 5.43. The van der Waals surface area contributed by atoms with Gasteiger partial charge in [0, 0.05) is 6.42 Å². The standard InChI is InChI=1S/C23H42O3/c1-2-3-4-5-6-7-8-9-10-11-12-13-14-15-16-18-23(26)19-17-21(24)22(25)20-23/h5-6,17,19,21-22,24-26H,2-4,7-16,18,20H2,1H3/b6-5+/t21-,22-,23+/m1/s1. The lowest BCUT2D eigenvalue weighted by Crippen LogP contribution is -2.40. The summed E-state index contributed by atoms with van der Waals surface area (Å²) in [6.07, 6.45) is 23.6. The van der Waals surface area contributed by atoms with Crippen LogP contribution in [0.3, 0.4) is 0 Å². The van der Waals surface area contributed by atoms with Crippen molar-refractivity contribution in [2.75, 3.05) is 0 Å². The monoisotopic (exact) mass is 366 g/mol. The van der Waals surface area contributed by atoms with Gasteiger partial charge in [-0.2, -0.15) is 0 Å². The number of allylic oxidation sites excluding steroid dienone is 2. The first-order valence-electron chi connectivity index (χ1n) is 11.0. The highest BCUT2D eigenvalue weighted by molar-refractivity contribution is 5.11. The number of unbranched alkanes of at least 4 members (excludes halogenated alkanes) is 11. The van der Waals surface area contributed by atoms with Crippen LogP contribution in [0.25, 0.3) is 0 Å². The van der Waals surface area contributed by atoms with Crippen molar-refractivity contribution in [3.63, 3.8) is 0 Å². The summed E-state index contributed by atoms with van der Waals surface area (Å²) in [5.41, 5.74) is -0.927. The maximum Gasteiger partial charge on any atom is 0.0982 e. The molecule has 0 fully saturated rings. The molecule has 3 nitrogen and oxygen atoms in total. The second-order valence-corrected chi connectivity index (χ2v) is 8.06. The summed E-state index contributed by atoms with van der Waals surface area (Å²) in [5, 5.41) is 29.5. The fourth-order valence-electron chi connectivity index (χ4n) is 3.63. The molecule has 0 heterocycles. The molecule has 0 bridgehead atoms. The van der Waals surface area contributed by atoms with Crippen molar-refractivity contribution in [2.45, 2.75) is 121 Å². The molecule has 0 unspecified atom stereocenters. The zero-order valence-corrected chi connectivity index (χ0v) is 16.9. The van der Waals surface area contributed by atoms with Crippen molar-refractivity contribution in [1.29, 1.82) is 0 Å². The van der Waals surface area contributed by atoms with Crippen LogP contribution in [0, 0.1) is 0 Å². The van der Waals surface area contributed by atoms with Gasteiger partial charge >= 0.3 is 0 Å². The molecule has 1 rings (SSSR count). The van der Waals surface area contributed by atoms with Crippen molar-refractivity contribution >= 4 is 0 Å². The van der Waals surface area contributed by atoms with Crippen LogP contribution < -0.4 is 0 Å². The first-order chi connectivity index (χ1) is 12.6. The van der Waals surface area contributed by atoms with Crippen LogP contribution in [0.2, 0.25) is 0 Å². The van der Waals surface area contributed by atoms with E-state index < -0.39 is 17.8 Å². The van der Waals surface area contributed by atoms with E-state index in [9.17, 15) is 15.3 Å². The maximum absolute atomic E-state index is 10.4. The Morgan fingerprint density at radius 1 is 0.846 bits per heavy atom. The molecule has 0 aromatic rings. The highest BCUT2D eigenvalue weighted by Crippen LogP contribution is 2.28. The molecule has 1 aliphatic carbocycles. The Morgan fingerprint density at radius 2 is 1.38 bits per heavy atom. The molecule has 0 amide bonds. The molecule has 3 heteroatoms. The Labute approximate surface area is 161 Å². The lowest BCUT2D eigenvalue weighted by atomic mass is 9.84. The number of hydrogen-bond acceptors (Lipinski definition) is 3. The molecule has 26 heavy (non-hydrogen) atoms. The van der Waals surface area contributed by atoms with E-state index in [1.165, 1.54) is 76.7 Å². The van der Waals surface area contributed by atoms with E-state index in [4.69, 9.17) is 0 Å². The zero-order valence-electron chi connectivity index (χ0n) is 16.9. The Kier molecular flexibility index (Phi) is 13.0. The van der Waals surface area contributed by atoms with Crippen LogP contribution in [-0.4, -0.2) is 33.1 Å². The topological polar surface area (TPSA) is 60.7 Å². The number of aliphatic hydroxyl groups is 3. The first-order valence-corrected chi connectivity index (χ1v) is 11.0. The molecule has 0 aromatic carbocycles. The molecule has 0 radical (unpaired) electrons. The Bertz CT molecular complexity index is 391. The normalized spacial score (nSPS) is 26.0. The van der Waals surface area contributed by atoms with E-state index in [1.54, 1.807) is 6.08 Å². The smallest absolute Gasteiger partial charge is 0.0982 e. The molecule has 1 aliphatic rings. The minimum Gasteiger partial charge on any atom is -0.390 e. The van der Waals surface area contributed by atoms with E-state index in [-0.39, 0.29) is 6.42 Å². The van der Waals surface area contributed by atoms with Crippen molar-refractivity contribution in [2.24, 2.45) is 0 Å². The van der Waals surface area contributed by atoms with E-state index >= 15 is 0 Å². The van der Waals surface area contributed by atoms with Crippen LogP contribution in [0.1, 0.15) is 103 Å². The zero-order chi connectivity index (χ0) is 19.1. The molecule has 3 N–H and O–H groups in total. The van der Waals surface area contributed by atoms with Crippen LogP contribution in [-0.2, 0) is 0 Å². The lowest BCUT2D eigenvalue weighted by Gasteiger charge is -2.32. The van der Waals surface area contributed by atoms with Gasteiger partial charge in [-0.3, -0.25) is 0 Å². The second kappa shape index (κ2) is 14.4. The predicted molar refractivity (Wildman–Crippen MR) is 110 cm³/mol. The molecule has 0 spiro atoms. The molecule has 3 atom stereocenters. The summed E-state index contributed by atoms with van der Waals surface area (Å²) in [5.74, 6) is 0. The van der Waals surface area contributed by atoms with Gasteiger partial charge in [-0.1, -0.05) is 95.4 Å². The Morgan fingerprint density at radius 3 is 1.96 bits per heavy atom. The minimum absolute atomic E-state index is 0.248. The second-order valence-electron chi connectivity index (χ2n) is 8.06. The first kappa shape index (κ1) is 23.4. The highest BCUT2D eigenvalue weighted by Gasteiger charge is 2.33. The van der Waals surface area contributed by atoms with Gasteiger partial charge in [0.15, 0.2) is 0 Å². The fraction of sp³-hybridized carbons (Fsp3) is 0.826. The summed E-state index contributed by atoms with van der Waals surface area (Å²) in [6, 6.07) is 0. The fourth-order valence-corrected chi connectivity index (χ4v) is 3.63. The van der Waals surface area contributed by atoms with Crippen LogP contribution >= 0.6 is 0 Å².